The van der Waals surface area contributed by atoms with Crippen molar-refractivity contribution in [3.05, 3.63) is 24.0 Å². The Morgan fingerprint density at radius 3 is 2.42 bits per heavy atom. The number of carbonyl (C=O) groups excluding carboxylic acids is 2. The average Bonchev–Trinajstić information content (AvgIpc) is 2.77. The van der Waals surface area contributed by atoms with E-state index in [1.54, 1.807) is 5.48 Å². The van der Waals surface area contributed by atoms with Crippen LogP contribution in [0.2, 0.25) is 0 Å². The van der Waals surface area contributed by atoms with Gasteiger partial charge < -0.3 is 10.6 Å². The van der Waals surface area contributed by atoms with E-state index >= 15 is 0 Å². The molecule has 4 N–H and O–H groups in total. The molecule has 1 aromatic rings. The molecule has 3 atom stereocenters. The van der Waals surface area contributed by atoms with E-state index in [2.05, 4.69) is 24.5 Å². The summed E-state index contributed by atoms with van der Waals surface area (Å²) in [6, 6.07) is 2.93. The minimum absolute atomic E-state index is 0.0928. The Balaban J connectivity index is 1.27. The van der Waals surface area contributed by atoms with Crippen LogP contribution in [-0.2, 0) is 14.8 Å². The Kier molecular flexibility index (Phi) is 6.12. The Morgan fingerprint density at radius 1 is 1.11 bits per heavy atom. The Hall–Kier alpha value is -2.24. The first-order valence-corrected chi connectivity index (χ1v) is 14.1. The van der Waals surface area contributed by atoms with Gasteiger partial charge in [-0.15, -0.1) is 0 Å². The summed E-state index contributed by atoms with van der Waals surface area (Å²) in [5, 5.41) is 14.6. The molecular weight excluding hydrogens is 487 g/mol. The number of nitrogens with one attached hydrogen (secondary N) is 3. The first-order chi connectivity index (χ1) is 16.8. The van der Waals surface area contributed by atoms with Gasteiger partial charge in [-0.2, -0.15) is 4.31 Å². The van der Waals surface area contributed by atoms with Crippen molar-refractivity contribution in [3.63, 3.8) is 0 Å². The number of halogens is 1. The molecule has 4 bridgehead atoms. The van der Waals surface area contributed by atoms with Gasteiger partial charge in [-0.05, 0) is 86.3 Å². The van der Waals surface area contributed by atoms with Crippen LogP contribution in [0.4, 0.5) is 14.9 Å². The van der Waals surface area contributed by atoms with Crippen molar-refractivity contribution in [1.82, 2.24) is 15.1 Å². The predicted molar refractivity (Wildman–Crippen MR) is 130 cm³/mol. The number of anilines is 1. The van der Waals surface area contributed by atoms with Gasteiger partial charge in [0.05, 0.1) is 16.5 Å². The topological polar surface area (TPSA) is 128 Å². The molecule has 9 nitrogen and oxygen atoms in total. The molecule has 36 heavy (non-hydrogen) atoms. The van der Waals surface area contributed by atoms with Crippen molar-refractivity contribution >= 4 is 27.6 Å². The Bertz CT molecular complexity index is 1170. The molecule has 11 heteroatoms. The van der Waals surface area contributed by atoms with E-state index in [4.69, 9.17) is 5.21 Å². The molecule has 4 saturated carbocycles. The highest BCUT2D eigenvalue weighted by Gasteiger charge is 2.60. The highest BCUT2D eigenvalue weighted by atomic mass is 32.2. The normalized spacial score (nSPS) is 35.9. The van der Waals surface area contributed by atoms with Gasteiger partial charge in [0, 0.05) is 18.6 Å². The minimum Gasteiger partial charge on any atom is -0.332 e. The van der Waals surface area contributed by atoms with Crippen molar-refractivity contribution in [2.24, 2.45) is 22.7 Å². The molecule has 0 spiro atoms. The number of hydroxylamine groups is 1. The number of carbonyl (C=O) groups is 2. The van der Waals surface area contributed by atoms with Gasteiger partial charge in [0.15, 0.2) is 0 Å². The zero-order chi connectivity index (χ0) is 25.9. The molecule has 5 aliphatic rings. The molecule has 0 aromatic heterocycles. The molecular formula is C25H35FN4O5S. The van der Waals surface area contributed by atoms with E-state index < -0.39 is 33.7 Å². The third-order valence-electron chi connectivity index (χ3n) is 8.70. The number of urea groups is 1. The standard InChI is InChI=1S/C25H35FN4O5S/c1-23-9-16-10-24(2,13-23)15-25(11-16,14-23)28-22(32)27-20-6-5-18(8-19(20)26)36(34,35)30-7-3-4-17(12-30)21(31)29-33/h5-6,8,16-17,33H,3-4,7,9-15H2,1-2H3,(H,29,31)(H2,27,28,32)/t16?,17-,23?,24?,25?/m0/s1. The highest BCUT2D eigenvalue weighted by Crippen LogP contribution is 2.66. The smallest absolute Gasteiger partial charge is 0.319 e. The van der Waals surface area contributed by atoms with Crippen LogP contribution in [0.15, 0.2) is 23.1 Å². The van der Waals surface area contributed by atoms with Gasteiger partial charge in [0.1, 0.15) is 5.82 Å². The van der Waals surface area contributed by atoms with Crippen molar-refractivity contribution in [3.8, 4) is 0 Å². The molecule has 5 fully saturated rings. The van der Waals surface area contributed by atoms with Gasteiger partial charge in [-0.3, -0.25) is 10.0 Å². The third kappa shape index (κ3) is 4.61. The summed E-state index contributed by atoms with van der Waals surface area (Å²) in [5.41, 5.74) is 1.61. The second-order valence-corrected chi connectivity index (χ2v) is 14.2. The number of sulfonamides is 1. The van der Waals surface area contributed by atoms with E-state index in [-0.39, 0.29) is 40.0 Å². The summed E-state index contributed by atoms with van der Waals surface area (Å²) < 4.78 is 42.2. The molecule has 3 amide bonds. The molecule has 1 heterocycles. The van der Waals surface area contributed by atoms with Crippen molar-refractivity contribution in [2.75, 3.05) is 18.4 Å². The van der Waals surface area contributed by atoms with E-state index in [0.29, 0.717) is 18.8 Å². The van der Waals surface area contributed by atoms with Gasteiger partial charge in [-0.1, -0.05) is 13.8 Å². The summed E-state index contributed by atoms with van der Waals surface area (Å²) in [4.78, 5) is 24.4. The largest absolute Gasteiger partial charge is 0.332 e. The maximum Gasteiger partial charge on any atom is 0.319 e. The lowest BCUT2D eigenvalue weighted by molar-refractivity contribution is -0.134. The second kappa shape index (κ2) is 8.66. The quantitative estimate of drug-likeness (QED) is 0.347. The number of amides is 3. The summed E-state index contributed by atoms with van der Waals surface area (Å²) in [7, 11) is -4.05. The lowest BCUT2D eigenvalue weighted by Gasteiger charge is -2.65. The number of piperidine rings is 1. The van der Waals surface area contributed by atoms with Crippen molar-refractivity contribution < 1.29 is 27.6 Å². The molecule has 0 radical (unpaired) electrons. The second-order valence-electron chi connectivity index (χ2n) is 12.3. The summed E-state index contributed by atoms with van der Waals surface area (Å²) in [6.45, 7) is 4.72. The summed E-state index contributed by atoms with van der Waals surface area (Å²) in [5.74, 6) is -1.58. The van der Waals surface area contributed by atoms with E-state index in [0.717, 1.165) is 29.6 Å². The predicted octanol–water partition coefficient (Wildman–Crippen LogP) is 3.60. The molecule has 2 unspecified atom stereocenters. The molecule has 4 aliphatic carbocycles. The number of hydrogen-bond acceptors (Lipinski definition) is 5. The number of hydrogen-bond donors (Lipinski definition) is 4. The van der Waals surface area contributed by atoms with E-state index in [1.807, 2.05) is 0 Å². The van der Waals surface area contributed by atoms with Gasteiger partial charge in [0.2, 0.25) is 15.9 Å². The summed E-state index contributed by atoms with van der Waals surface area (Å²) >= 11 is 0. The van der Waals surface area contributed by atoms with Gasteiger partial charge >= 0.3 is 6.03 Å². The molecule has 198 valence electrons. The van der Waals surface area contributed by atoms with Crippen LogP contribution >= 0.6 is 0 Å². The van der Waals surface area contributed by atoms with Crippen LogP contribution in [0.3, 0.4) is 0 Å². The van der Waals surface area contributed by atoms with Crippen LogP contribution in [0.5, 0.6) is 0 Å². The van der Waals surface area contributed by atoms with Gasteiger partial charge in [0.25, 0.3) is 0 Å². The first-order valence-electron chi connectivity index (χ1n) is 12.7. The fourth-order valence-electron chi connectivity index (χ4n) is 8.35. The van der Waals surface area contributed by atoms with E-state index in [9.17, 15) is 22.4 Å². The fraction of sp³-hybridized carbons (Fsp3) is 0.680. The zero-order valence-corrected chi connectivity index (χ0v) is 21.6. The van der Waals surface area contributed by atoms with Crippen LogP contribution in [-0.4, -0.2) is 48.5 Å². The summed E-state index contributed by atoms with van der Waals surface area (Å²) in [6.07, 6.45) is 7.24. The number of rotatable bonds is 5. The third-order valence-corrected chi connectivity index (χ3v) is 10.6. The molecule has 6 rings (SSSR count). The monoisotopic (exact) mass is 522 g/mol. The molecule has 1 aliphatic heterocycles. The maximum atomic E-state index is 15.0. The first kappa shape index (κ1) is 25.4. The maximum absolute atomic E-state index is 15.0. The Morgan fingerprint density at radius 2 is 1.81 bits per heavy atom. The molecule has 1 aromatic carbocycles. The lowest BCUT2D eigenvalue weighted by atomic mass is 9.43. The Labute approximate surface area is 211 Å². The van der Waals surface area contributed by atoms with Crippen LogP contribution in [0.25, 0.3) is 0 Å². The van der Waals surface area contributed by atoms with Crippen molar-refractivity contribution in [1.29, 1.82) is 0 Å². The minimum atomic E-state index is -4.05. The number of benzene rings is 1. The average molecular weight is 523 g/mol. The van der Waals surface area contributed by atoms with Crippen LogP contribution in [0, 0.1) is 28.5 Å². The van der Waals surface area contributed by atoms with Crippen LogP contribution < -0.4 is 16.1 Å². The fourth-order valence-corrected chi connectivity index (χ4v) is 9.89. The highest BCUT2D eigenvalue weighted by molar-refractivity contribution is 7.89. The van der Waals surface area contributed by atoms with Crippen LogP contribution in [0.1, 0.15) is 65.2 Å². The SMILES string of the molecule is CC12CC3CC(C)(C1)CC(NC(=O)Nc1ccc(S(=O)(=O)N4CCC[C@H](C(=O)NO)C4)cc1F)(C3)C2. The van der Waals surface area contributed by atoms with E-state index in [1.165, 1.54) is 31.4 Å². The number of nitrogens with zero attached hydrogens (tertiary/aromatic N) is 1. The zero-order valence-electron chi connectivity index (χ0n) is 20.8. The lowest BCUT2D eigenvalue weighted by Crippen LogP contribution is -2.65. The van der Waals surface area contributed by atoms with Gasteiger partial charge in [-0.25, -0.2) is 23.1 Å². The molecule has 1 saturated heterocycles. The van der Waals surface area contributed by atoms with Crippen molar-refractivity contribution in [2.45, 2.75) is 75.6 Å².